The highest BCUT2D eigenvalue weighted by atomic mass is 127. The van der Waals surface area contributed by atoms with Gasteiger partial charge in [0.15, 0.2) is 11.5 Å². The third-order valence-electron chi connectivity index (χ3n) is 3.77. The first kappa shape index (κ1) is 22.1. The number of thioether (sulfide) groups is 1. The summed E-state index contributed by atoms with van der Waals surface area (Å²) >= 11 is 8.14. The van der Waals surface area contributed by atoms with E-state index in [1.54, 1.807) is 37.3 Å². The monoisotopic (exact) mass is 561 g/mol. The van der Waals surface area contributed by atoms with Gasteiger partial charge in [-0.1, -0.05) is 41.7 Å². The van der Waals surface area contributed by atoms with Gasteiger partial charge < -0.3 is 14.2 Å². The first-order chi connectivity index (χ1) is 13.7. The molecule has 1 fully saturated rings. The normalized spacial score (nSPS) is 15.5. The summed E-state index contributed by atoms with van der Waals surface area (Å²) in [5, 5.41) is 2.56. The fourth-order valence-electron chi connectivity index (χ4n) is 2.45. The molecule has 10 heteroatoms. The predicted octanol–water partition coefficient (Wildman–Crippen LogP) is 4.25. The van der Waals surface area contributed by atoms with Gasteiger partial charge in [-0.15, -0.1) is 0 Å². The summed E-state index contributed by atoms with van der Waals surface area (Å²) in [6.45, 7) is 3.97. The minimum atomic E-state index is -4.03. The molecular formula is C19H16INO5S3. The number of carbonyl (C=O) groups is 1. The highest BCUT2D eigenvalue weighted by Crippen LogP contribution is 2.37. The number of ether oxygens (including phenoxy) is 1. The van der Waals surface area contributed by atoms with E-state index in [4.69, 9.17) is 21.1 Å². The number of benzene rings is 2. The van der Waals surface area contributed by atoms with E-state index in [0.29, 0.717) is 25.0 Å². The number of hydrogen-bond acceptors (Lipinski definition) is 7. The van der Waals surface area contributed by atoms with Crippen molar-refractivity contribution in [3.63, 3.8) is 0 Å². The molecule has 1 amide bonds. The quantitative estimate of drug-likeness (QED) is 0.245. The summed E-state index contributed by atoms with van der Waals surface area (Å²) in [5.74, 6) is 0.109. The first-order valence-electron chi connectivity index (χ1n) is 8.42. The van der Waals surface area contributed by atoms with Crippen LogP contribution in [0.15, 0.2) is 46.2 Å². The molecule has 29 heavy (non-hydrogen) atoms. The molecule has 0 atom stereocenters. The van der Waals surface area contributed by atoms with Crippen LogP contribution in [-0.2, 0) is 14.9 Å². The number of carbonyl (C=O) groups excluding carboxylic acids is 1. The lowest BCUT2D eigenvalue weighted by molar-refractivity contribution is -0.115. The van der Waals surface area contributed by atoms with Crippen LogP contribution in [0.1, 0.15) is 18.1 Å². The van der Waals surface area contributed by atoms with Gasteiger partial charge in [-0.05, 0) is 72.3 Å². The third kappa shape index (κ3) is 5.30. The van der Waals surface area contributed by atoms with Gasteiger partial charge >= 0.3 is 10.1 Å². The number of halogens is 1. The second-order valence-corrected chi connectivity index (χ2v) is 10.4. The maximum absolute atomic E-state index is 12.7. The summed E-state index contributed by atoms with van der Waals surface area (Å²) in [5.41, 5.74) is 1.61. The zero-order valence-electron chi connectivity index (χ0n) is 15.4. The molecule has 1 heterocycles. The van der Waals surface area contributed by atoms with Gasteiger partial charge in [-0.25, -0.2) is 0 Å². The Morgan fingerprint density at radius 3 is 2.52 bits per heavy atom. The minimum absolute atomic E-state index is 0.0556. The van der Waals surface area contributed by atoms with E-state index in [-0.39, 0.29) is 22.3 Å². The molecule has 152 valence electrons. The Balaban J connectivity index is 1.99. The van der Waals surface area contributed by atoms with Crippen LogP contribution in [0.25, 0.3) is 6.08 Å². The molecule has 1 saturated heterocycles. The van der Waals surface area contributed by atoms with Crippen LogP contribution in [0, 0.1) is 10.5 Å². The first-order valence-corrected chi connectivity index (χ1v) is 12.1. The predicted molar refractivity (Wildman–Crippen MR) is 126 cm³/mol. The number of amides is 1. The maximum atomic E-state index is 12.7. The molecule has 0 unspecified atom stereocenters. The lowest BCUT2D eigenvalue weighted by Crippen LogP contribution is -2.17. The Kier molecular flexibility index (Phi) is 6.87. The second-order valence-electron chi connectivity index (χ2n) is 5.97. The van der Waals surface area contributed by atoms with Crippen LogP contribution in [0.3, 0.4) is 0 Å². The molecule has 1 N–H and O–H groups in total. The number of aryl methyl sites for hydroxylation is 1. The Hall–Kier alpha value is -1.63. The molecule has 3 rings (SSSR count). The summed E-state index contributed by atoms with van der Waals surface area (Å²) in [7, 11) is -4.03. The summed E-state index contributed by atoms with van der Waals surface area (Å²) in [6, 6.07) is 9.74. The number of rotatable bonds is 6. The zero-order chi connectivity index (χ0) is 21.2. The van der Waals surface area contributed by atoms with Gasteiger partial charge in [-0.2, -0.15) is 8.42 Å². The highest BCUT2D eigenvalue weighted by molar-refractivity contribution is 14.1. The topological polar surface area (TPSA) is 81.7 Å². The highest BCUT2D eigenvalue weighted by Gasteiger charge is 2.24. The van der Waals surface area contributed by atoms with Crippen LogP contribution in [0.2, 0.25) is 0 Å². The second kappa shape index (κ2) is 9.02. The standard InChI is InChI=1S/C19H16INO5S3/c1-3-25-15-9-12(10-16-18(22)21-19(27)28-16)8-14(20)17(15)26-29(23,24)13-6-4-11(2)5-7-13/h4-10H,3H2,1-2H3,(H,21,22,27)/b16-10-. The lowest BCUT2D eigenvalue weighted by atomic mass is 10.2. The maximum Gasteiger partial charge on any atom is 0.339 e. The molecule has 2 aromatic carbocycles. The van der Waals surface area contributed by atoms with E-state index in [9.17, 15) is 13.2 Å². The summed E-state index contributed by atoms with van der Waals surface area (Å²) < 4.78 is 37.4. The summed E-state index contributed by atoms with van der Waals surface area (Å²) in [6.07, 6.45) is 1.67. The van der Waals surface area contributed by atoms with E-state index in [2.05, 4.69) is 5.32 Å². The third-order valence-corrected chi connectivity index (χ3v) is 6.97. The Bertz CT molecular complexity index is 1110. The molecule has 0 saturated carbocycles. The van der Waals surface area contributed by atoms with Gasteiger partial charge in [0.2, 0.25) is 0 Å². The van der Waals surface area contributed by atoms with Crippen molar-refractivity contribution in [1.82, 2.24) is 5.32 Å². The Morgan fingerprint density at radius 2 is 1.93 bits per heavy atom. The number of nitrogens with one attached hydrogen (secondary N) is 1. The fourth-order valence-corrected chi connectivity index (χ4v) is 5.34. The van der Waals surface area contributed by atoms with Crippen molar-refractivity contribution >= 4 is 73.0 Å². The van der Waals surface area contributed by atoms with E-state index in [0.717, 1.165) is 5.56 Å². The number of thiocarbonyl (C=S) groups is 1. The molecule has 0 bridgehead atoms. The molecule has 6 nitrogen and oxygen atoms in total. The van der Waals surface area contributed by atoms with Crippen LogP contribution < -0.4 is 14.2 Å². The molecular weight excluding hydrogens is 545 g/mol. The van der Waals surface area contributed by atoms with Gasteiger partial charge in [-0.3, -0.25) is 4.79 Å². The SMILES string of the molecule is CCOc1cc(/C=C2\SC(=S)NC2=O)cc(I)c1OS(=O)(=O)c1ccc(C)cc1. The van der Waals surface area contributed by atoms with Gasteiger partial charge in [0.25, 0.3) is 5.91 Å². The summed E-state index contributed by atoms with van der Waals surface area (Å²) in [4.78, 5) is 12.4. The average Bonchev–Trinajstić information content (AvgIpc) is 2.95. The van der Waals surface area contributed by atoms with Crippen LogP contribution >= 0.6 is 46.6 Å². The van der Waals surface area contributed by atoms with Crippen molar-refractivity contribution in [1.29, 1.82) is 0 Å². The van der Waals surface area contributed by atoms with Crippen molar-refractivity contribution in [3.05, 3.63) is 56.0 Å². The van der Waals surface area contributed by atoms with Crippen molar-refractivity contribution < 1.29 is 22.1 Å². The largest absolute Gasteiger partial charge is 0.490 e. The lowest BCUT2D eigenvalue weighted by Gasteiger charge is -2.14. The molecule has 1 aliphatic heterocycles. The van der Waals surface area contributed by atoms with Crippen molar-refractivity contribution in [2.75, 3.05) is 6.61 Å². The Labute approximate surface area is 192 Å². The minimum Gasteiger partial charge on any atom is -0.490 e. The molecule has 1 aliphatic rings. The van der Waals surface area contributed by atoms with Crippen molar-refractivity contribution in [2.24, 2.45) is 0 Å². The van der Waals surface area contributed by atoms with E-state index < -0.39 is 10.1 Å². The molecule has 0 spiro atoms. The van der Waals surface area contributed by atoms with E-state index in [1.807, 2.05) is 29.5 Å². The van der Waals surface area contributed by atoms with Crippen molar-refractivity contribution in [2.45, 2.75) is 18.7 Å². The van der Waals surface area contributed by atoms with Crippen molar-refractivity contribution in [3.8, 4) is 11.5 Å². The van der Waals surface area contributed by atoms with Crippen LogP contribution in [0.5, 0.6) is 11.5 Å². The average molecular weight is 561 g/mol. The molecule has 0 aromatic heterocycles. The molecule has 0 radical (unpaired) electrons. The fraction of sp³-hybridized carbons (Fsp3) is 0.158. The van der Waals surface area contributed by atoms with Gasteiger partial charge in [0, 0.05) is 0 Å². The zero-order valence-corrected chi connectivity index (χ0v) is 20.0. The van der Waals surface area contributed by atoms with Crippen LogP contribution in [-0.4, -0.2) is 25.3 Å². The van der Waals surface area contributed by atoms with E-state index in [1.165, 1.54) is 23.9 Å². The van der Waals surface area contributed by atoms with Gasteiger partial charge in [0.1, 0.15) is 9.22 Å². The number of hydrogen-bond donors (Lipinski definition) is 1. The smallest absolute Gasteiger partial charge is 0.339 e. The van der Waals surface area contributed by atoms with Crippen LogP contribution in [0.4, 0.5) is 0 Å². The molecule has 0 aliphatic carbocycles. The van der Waals surface area contributed by atoms with E-state index >= 15 is 0 Å². The van der Waals surface area contributed by atoms with Gasteiger partial charge in [0.05, 0.1) is 15.1 Å². The molecule has 2 aromatic rings. The Morgan fingerprint density at radius 1 is 1.24 bits per heavy atom.